The molecule has 2 aromatic carbocycles. The van der Waals surface area contributed by atoms with Gasteiger partial charge in [0.2, 0.25) is 11.8 Å². The van der Waals surface area contributed by atoms with Crippen molar-refractivity contribution < 1.29 is 19.2 Å². The van der Waals surface area contributed by atoms with Gasteiger partial charge in [-0.05, 0) is 57.4 Å². The highest BCUT2D eigenvalue weighted by atomic mass is 16.6. The van der Waals surface area contributed by atoms with E-state index in [9.17, 15) is 19.7 Å². The number of benzene rings is 2. The SMILES string of the molecule is COc1ccc(CN2C(=O)[C@@H]3CCCN3c3ccc([N+](=O)[O-])cc3[C@@H]2C(=O)NC(C)(C)C)cc1. The van der Waals surface area contributed by atoms with Crippen molar-refractivity contribution in [3.63, 3.8) is 0 Å². The number of nitro groups is 1. The molecule has 34 heavy (non-hydrogen) atoms. The standard InChI is InChI=1S/C25H30N4O5/c1-25(2,3)26-23(30)22-19-14-17(29(32)33)9-12-20(19)27-13-5-6-21(27)24(31)28(22)15-16-7-10-18(34-4)11-8-16/h7-12,14,21-22H,5-6,13,15H2,1-4H3,(H,26,30)/t21-,22+/m0/s1. The van der Waals surface area contributed by atoms with E-state index in [0.29, 0.717) is 30.0 Å². The van der Waals surface area contributed by atoms with Gasteiger partial charge in [0.25, 0.3) is 5.69 Å². The number of nitrogens with zero attached hydrogens (tertiary/aromatic N) is 3. The molecular formula is C25H30N4O5. The van der Waals surface area contributed by atoms with Crippen LogP contribution in [-0.2, 0) is 16.1 Å². The molecule has 2 aromatic rings. The minimum Gasteiger partial charge on any atom is -0.497 e. The summed E-state index contributed by atoms with van der Waals surface area (Å²) < 4.78 is 5.24. The lowest BCUT2D eigenvalue weighted by Gasteiger charge is -2.33. The summed E-state index contributed by atoms with van der Waals surface area (Å²) in [6.45, 7) is 6.44. The Balaban J connectivity index is 1.86. The minimum absolute atomic E-state index is 0.109. The fourth-order valence-electron chi connectivity index (χ4n) is 4.75. The van der Waals surface area contributed by atoms with Gasteiger partial charge in [-0.1, -0.05) is 12.1 Å². The van der Waals surface area contributed by atoms with Crippen LogP contribution in [0.2, 0.25) is 0 Å². The lowest BCUT2D eigenvalue weighted by atomic mass is 9.98. The van der Waals surface area contributed by atoms with Gasteiger partial charge in [0.05, 0.1) is 12.0 Å². The number of ether oxygens (including phenoxy) is 1. The predicted molar refractivity (Wildman–Crippen MR) is 128 cm³/mol. The van der Waals surface area contributed by atoms with Gasteiger partial charge in [-0.2, -0.15) is 0 Å². The fourth-order valence-corrected chi connectivity index (χ4v) is 4.75. The number of carbonyl (C=O) groups excluding carboxylic acids is 2. The second-order valence-electron chi connectivity index (χ2n) is 9.81. The van der Waals surface area contributed by atoms with Crippen LogP contribution in [0.15, 0.2) is 42.5 Å². The summed E-state index contributed by atoms with van der Waals surface area (Å²) in [5, 5.41) is 14.6. The Labute approximate surface area is 198 Å². The van der Waals surface area contributed by atoms with Crippen molar-refractivity contribution in [3.8, 4) is 5.75 Å². The molecule has 2 atom stereocenters. The van der Waals surface area contributed by atoms with Gasteiger partial charge in [0.15, 0.2) is 0 Å². The van der Waals surface area contributed by atoms with Gasteiger partial charge in [0, 0.05) is 42.0 Å². The Morgan fingerprint density at radius 3 is 2.53 bits per heavy atom. The second-order valence-corrected chi connectivity index (χ2v) is 9.81. The number of anilines is 1. The number of amides is 2. The molecule has 0 unspecified atom stereocenters. The summed E-state index contributed by atoms with van der Waals surface area (Å²) in [5.74, 6) is 0.175. The summed E-state index contributed by atoms with van der Waals surface area (Å²) in [7, 11) is 1.58. The van der Waals surface area contributed by atoms with Crippen molar-refractivity contribution in [2.24, 2.45) is 0 Å². The van der Waals surface area contributed by atoms with Crippen molar-refractivity contribution in [2.45, 2.75) is 57.8 Å². The Morgan fingerprint density at radius 2 is 1.91 bits per heavy atom. The Bertz CT molecular complexity index is 1110. The van der Waals surface area contributed by atoms with Crippen LogP contribution in [0.5, 0.6) is 5.75 Å². The largest absolute Gasteiger partial charge is 0.497 e. The summed E-state index contributed by atoms with van der Waals surface area (Å²) in [5.41, 5.74) is 1.35. The molecule has 0 saturated carbocycles. The molecule has 4 rings (SSSR count). The van der Waals surface area contributed by atoms with Crippen LogP contribution in [-0.4, -0.2) is 46.9 Å². The van der Waals surface area contributed by atoms with Crippen molar-refractivity contribution in [2.75, 3.05) is 18.6 Å². The van der Waals surface area contributed by atoms with E-state index >= 15 is 0 Å². The zero-order valence-corrected chi connectivity index (χ0v) is 19.9. The lowest BCUT2D eigenvalue weighted by molar-refractivity contribution is -0.384. The normalized spacial score (nSPS) is 19.8. The lowest BCUT2D eigenvalue weighted by Crippen LogP contribution is -2.50. The Hall–Kier alpha value is -3.62. The number of methoxy groups -OCH3 is 1. The molecule has 0 aromatic heterocycles. The number of non-ortho nitro benzene ring substituents is 1. The maximum absolute atomic E-state index is 13.9. The highest BCUT2D eigenvalue weighted by Crippen LogP contribution is 2.42. The van der Waals surface area contributed by atoms with Crippen molar-refractivity contribution in [3.05, 3.63) is 63.7 Å². The van der Waals surface area contributed by atoms with E-state index in [4.69, 9.17) is 4.74 Å². The molecule has 1 N–H and O–H groups in total. The molecule has 2 heterocycles. The van der Waals surface area contributed by atoms with E-state index in [2.05, 4.69) is 5.32 Å². The number of nitro benzene ring substituents is 1. The Morgan fingerprint density at radius 1 is 1.21 bits per heavy atom. The zero-order valence-electron chi connectivity index (χ0n) is 19.9. The van der Waals surface area contributed by atoms with Gasteiger partial charge in [-0.15, -0.1) is 0 Å². The van der Waals surface area contributed by atoms with Crippen LogP contribution in [0.25, 0.3) is 0 Å². The molecule has 1 fully saturated rings. The number of rotatable bonds is 5. The van der Waals surface area contributed by atoms with E-state index in [0.717, 1.165) is 12.0 Å². The topological polar surface area (TPSA) is 105 Å². The molecule has 1 saturated heterocycles. The summed E-state index contributed by atoms with van der Waals surface area (Å²) >= 11 is 0. The van der Waals surface area contributed by atoms with Crippen molar-refractivity contribution in [1.82, 2.24) is 10.2 Å². The van der Waals surface area contributed by atoms with Gasteiger partial charge < -0.3 is 19.9 Å². The number of hydrogen-bond donors (Lipinski definition) is 1. The first-order chi connectivity index (χ1) is 16.1. The molecule has 0 spiro atoms. The van der Waals surface area contributed by atoms with E-state index in [1.807, 2.05) is 49.9 Å². The molecule has 9 nitrogen and oxygen atoms in total. The van der Waals surface area contributed by atoms with Gasteiger partial charge >= 0.3 is 0 Å². The van der Waals surface area contributed by atoms with E-state index in [1.165, 1.54) is 12.1 Å². The molecule has 2 aliphatic rings. The van der Waals surface area contributed by atoms with Crippen LogP contribution < -0.4 is 15.0 Å². The first-order valence-electron chi connectivity index (χ1n) is 11.4. The van der Waals surface area contributed by atoms with Crippen LogP contribution in [0.4, 0.5) is 11.4 Å². The predicted octanol–water partition coefficient (Wildman–Crippen LogP) is 3.57. The second kappa shape index (κ2) is 8.96. The van der Waals surface area contributed by atoms with E-state index < -0.39 is 22.5 Å². The molecular weight excluding hydrogens is 436 g/mol. The number of fused-ring (bicyclic) bond motifs is 3. The summed E-state index contributed by atoms with van der Waals surface area (Å²) in [6, 6.07) is 10.5. The van der Waals surface area contributed by atoms with Crippen LogP contribution >= 0.6 is 0 Å². The quantitative estimate of drug-likeness (QED) is 0.534. The first-order valence-corrected chi connectivity index (χ1v) is 11.4. The number of hydrogen-bond acceptors (Lipinski definition) is 6. The van der Waals surface area contributed by atoms with Crippen LogP contribution in [0.3, 0.4) is 0 Å². The maximum Gasteiger partial charge on any atom is 0.269 e. The molecule has 180 valence electrons. The van der Waals surface area contributed by atoms with Gasteiger partial charge in [0.1, 0.15) is 17.8 Å². The molecule has 2 amide bonds. The van der Waals surface area contributed by atoms with Crippen LogP contribution in [0.1, 0.15) is 50.8 Å². The van der Waals surface area contributed by atoms with E-state index in [1.54, 1.807) is 18.1 Å². The highest BCUT2D eigenvalue weighted by molar-refractivity contribution is 5.96. The molecule has 2 aliphatic heterocycles. The molecule has 9 heteroatoms. The minimum atomic E-state index is -1.01. The third-order valence-corrected chi connectivity index (χ3v) is 6.22. The first kappa shape index (κ1) is 23.5. The average Bonchev–Trinajstić information content (AvgIpc) is 3.24. The third kappa shape index (κ3) is 4.55. The summed E-state index contributed by atoms with van der Waals surface area (Å²) in [4.78, 5) is 42.2. The van der Waals surface area contributed by atoms with Crippen molar-refractivity contribution in [1.29, 1.82) is 0 Å². The number of nitrogens with one attached hydrogen (secondary N) is 1. The van der Waals surface area contributed by atoms with Gasteiger partial charge in [-0.25, -0.2) is 0 Å². The highest BCUT2D eigenvalue weighted by Gasteiger charge is 2.45. The fraction of sp³-hybridized carbons (Fsp3) is 0.440. The third-order valence-electron chi connectivity index (χ3n) is 6.22. The molecule has 0 radical (unpaired) electrons. The summed E-state index contributed by atoms with van der Waals surface area (Å²) in [6.07, 6.45) is 1.50. The Kier molecular flexibility index (Phi) is 6.20. The molecule has 0 aliphatic carbocycles. The smallest absolute Gasteiger partial charge is 0.269 e. The van der Waals surface area contributed by atoms with Crippen molar-refractivity contribution >= 4 is 23.2 Å². The monoisotopic (exact) mass is 466 g/mol. The van der Waals surface area contributed by atoms with Crippen LogP contribution in [0, 0.1) is 10.1 Å². The zero-order chi connectivity index (χ0) is 24.6. The molecule has 0 bridgehead atoms. The number of carbonyl (C=O) groups is 2. The average molecular weight is 467 g/mol. The van der Waals surface area contributed by atoms with Gasteiger partial charge in [-0.3, -0.25) is 19.7 Å². The van der Waals surface area contributed by atoms with E-state index in [-0.39, 0.29) is 24.0 Å². The maximum atomic E-state index is 13.9.